The third-order valence-electron chi connectivity index (χ3n) is 4.22. The first-order valence-corrected chi connectivity index (χ1v) is 10.5. The Morgan fingerprint density at radius 3 is 2.12 bits per heavy atom. The third kappa shape index (κ3) is 8.21. The van der Waals surface area contributed by atoms with Crippen molar-refractivity contribution in [3.8, 4) is 0 Å². The molecule has 0 aliphatic rings. The van der Waals surface area contributed by atoms with Crippen LogP contribution in [0.1, 0.15) is 58.8 Å². The van der Waals surface area contributed by atoms with Crippen molar-refractivity contribution < 1.29 is 18.3 Å². The summed E-state index contributed by atoms with van der Waals surface area (Å²) in [7, 11) is -3.47. The molecular formula is C18H28ClNO4S. The van der Waals surface area contributed by atoms with Crippen LogP contribution in [0.2, 0.25) is 5.02 Å². The van der Waals surface area contributed by atoms with Gasteiger partial charge < -0.3 is 5.11 Å². The number of halogens is 1. The van der Waals surface area contributed by atoms with Gasteiger partial charge in [-0.2, -0.15) is 0 Å². The van der Waals surface area contributed by atoms with E-state index < -0.39 is 21.4 Å². The number of benzene rings is 1. The molecule has 0 amide bonds. The first-order chi connectivity index (χ1) is 11.6. The number of sulfonamides is 1. The molecule has 0 aliphatic heterocycles. The first kappa shape index (κ1) is 21.9. The number of hydrogen-bond acceptors (Lipinski definition) is 3. The van der Waals surface area contributed by atoms with Crippen LogP contribution < -0.4 is 4.72 Å². The number of aliphatic carboxylic acids is 1. The van der Waals surface area contributed by atoms with Gasteiger partial charge in [-0.3, -0.25) is 4.79 Å². The van der Waals surface area contributed by atoms with Gasteiger partial charge in [-0.05, 0) is 51.0 Å². The number of rotatable bonds is 12. The number of hydrogen-bond donors (Lipinski definition) is 2. The van der Waals surface area contributed by atoms with Crippen molar-refractivity contribution in [1.82, 2.24) is 4.72 Å². The number of carbonyl (C=O) groups is 1. The summed E-state index contributed by atoms with van der Waals surface area (Å²) in [5.74, 6) is -0.750. The van der Waals surface area contributed by atoms with Crippen molar-refractivity contribution >= 4 is 27.6 Å². The highest BCUT2D eigenvalue weighted by atomic mass is 35.5. The second-order valence-corrected chi connectivity index (χ2v) is 9.12. The molecule has 0 spiro atoms. The van der Waals surface area contributed by atoms with Crippen LogP contribution in [0.4, 0.5) is 0 Å². The van der Waals surface area contributed by atoms with Gasteiger partial charge in [0, 0.05) is 11.6 Å². The van der Waals surface area contributed by atoms with Gasteiger partial charge in [0.15, 0.2) is 0 Å². The van der Waals surface area contributed by atoms with Gasteiger partial charge in [0.25, 0.3) is 0 Å². The number of unbranched alkanes of at least 4 members (excludes halogenated alkanes) is 5. The molecule has 0 aliphatic carbocycles. The van der Waals surface area contributed by atoms with Crippen molar-refractivity contribution in [2.45, 2.75) is 63.7 Å². The Hall–Kier alpha value is -1.11. The van der Waals surface area contributed by atoms with Crippen molar-refractivity contribution in [2.24, 2.45) is 5.41 Å². The lowest BCUT2D eigenvalue weighted by atomic mass is 9.87. The average Bonchev–Trinajstić information content (AvgIpc) is 2.53. The highest BCUT2D eigenvalue weighted by molar-refractivity contribution is 7.89. The van der Waals surface area contributed by atoms with E-state index in [9.17, 15) is 13.2 Å². The van der Waals surface area contributed by atoms with Crippen molar-refractivity contribution in [1.29, 1.82) is 0 Å². The molecule has 0 unspecified atom stereocenters. The van der Waals surface area contributed by atoms with Crippen LogP contribution in [0.5, 0.6) is 0 Å². The number of carboxylic acids is 1. The molecule has 0 atom stereocenters. The molecule has 5 nitrogen and oxygen atoms in total. The fourth-order valence-electron chi connectivity index (χ4n) is 2.41. The number of carboxylic acid groups (broad SMARTS) is 1. The van der Waals surface area contributed by atoms with Crippen molar-refractivity contribution in [3.63, 3.8) is 0 Å². The van der Waals surface area contributed by atoms with Gasteiger partial charge >= 0.3 is 5.97 Å². The Morgan fingerprint density at radius 2 is 1.56 bits per heavy atom. The third-order valence-corrected chi connectivity index (χ3v) is 5.95. The van der Waals surface area contributed by atoms with Crippen LogP contribution in [0.15, 0.2) is 29.2 Å². The maximum Gasteiger partial charge on any atom is 0.309 e. The molecule has 142 valence electrons. The van der Waals surface area contributed by atoms with Crippen molar-refractivity contribution in [2.75, 3.05) is 6.54 Å². The lowest BCUT2D eigenvalue weighted by Gasteiger charge is -2.18. The highest BCUT2D eigenvalue weighted by Gasteiger charge is 2.25. The summed E-state index contributed by atoms with van der Waals surface area (Å²) in [4.78, 5) is 11.2. The van der Waals surface area contributed by atoms with Crippen LogP contribution >= 0.6 is 11.6 Å². The molecule has 0 aromatic heterocycles. The minimum absolute atomic E-state index is 0.220. The highest BCUT2D eigenvalue weighted by Crippen LogP contribution is 2.24. The molecule has 0 fully saturated rings. The Balaban J connectivity index is 2.12. The molecule has 0 radical (unpaired) electrons. The van der Waals surface area contributed by atoms with E-state index in [1.807, 2.05) is 0 Å². The molecule has 0 saturated heterocycles. The Kier molecular flexibility index (Phi) is 8.89. The fourth-order valence-corrected chi connectivity index (χ4v) is 3.61. The van der Waals surface area contributed by atoms with E-state index in [1.165, 1.54) is 12.1 Å². The van der Waals surface area contributed by atoms with Crippen LogP contribution in [0.3, 0.4) is 0 Å². The molecule has 0 bridgehead atoms. The van der Waals surface area contributed by atoms with E-state index in [4.69, 9.17) is 16.7 Å². The van der Waals surface area contributed by atoms with E-state index in [-0.39, 0.29) is 4.90 Å². The van der Waals surface area contributed by atoms with Gasteiger partial charge in [-0.1, -0.05) is 43.7 Å². The lowest BCUT2D eigenvalue weighted by molar-refractivity contribution is -0.147. The van der Waals surface area contributed by atoms with E-state index in [0.717, 1.165) is 38.5 Å². The van der Waals surface area contributed by atoms with E-state index in [1.54, 1.807) is 26.0 Å². The Morgan fingerprint density at radius 1 is 1.04 bits per heavy atom. The largest absolute Gasteiger partial charge is 0.481 e. The summed E-state index contributed by atoms with van der Waals surface area (Å²) in [5, 5.41) is 9.55. The Bertz CT molecular complexity index is 642. The maximum atomic E-state index is 12.1. The summed E-state index contributed by atoms with van der Waals surface area (Å²) in [6.07, 6.45) is 6.40. The molecule has 1 aromatic rings. The summed E-state index contributed by atoms with van der Waals surface area (Å²) >= 11 is 5.76. The van der Waals surface area contributed by atoms with Gasteiger partial charge in [-0.15, -0.1) is 0 Å². The normalized spacial score (nSPS) is 12.3. The van der Waals surface area contributed by atoms with Crippen molar-refractivity contribution in [3.05, 3.63) is 29.3 Å². The smallest absolute Gasteiger partial charge is 0.309 e. The standard InChI is InChI=1S/C18H28ClNO4S/c1-18(2,17(21)22)13-7-5-3-4-6-8-14-20-25(23,24)16-11-9-15(19)10-12-16/h9-12,20H,3-8,13-14H2,1-2H3,(H,21,22). The minimum atomic E-state index is -3.47. The molecule has 7 heteroatoms. The van der Waals surface area contributed by atoms with E-state index >= 15 is 0 Å². The fraction of sp³-hybridized carbons (Fsp3) is 0.611. The zero-order valence-corrected chi connectivity index (χ0v) is 16.5. The molecular weight excluding hydrogens is 362 g/mol. The quantitative estimate of drug-likeness (QED) is 0.517. The average molecular weight is 390 g/mol. The summed E-state index contributed by atoms with van der Waals surface area (Å²) < 4.78 is 26.7. The molecule has 1 aromatic carbocycles. The van der Waals surface area contributed by atoms with Gasteiger partial charge in [-0.25, -0.2) is 13.1 Å². The predicted molar refractivity (Wildman–Crippen MR) is 100 cm³/mol. The Labute approximate surface area is 155 Å². The minimum Gasteiger partial charge on any atom is -0.481 e. The van der Waals surface area contributed by atoms with E-state index in [0.29, 0.717) is 18.0 Å². The second kappa shape index (κ2) is 10.1. The van der Waals surface area contributed by atoms with Gasteiger partial charge in [0.1, 0.15) is 0 Å². The molecule has 0 heterocycles. The molecule has 25 heavy (non-hydrogen) atoms. The summed E-state index contributed by atoms with van der Waals surface area (Å²) in [6, 6.07) is 6.09. The molecule has 1 rings (SSSR count). The molecule has 0 saturated carbocycles. The van der Waals surface area contributed by atoms with Gasteiger partial charge in [0.2, 0.25) is 10.0 Å². The van der Waals surface area contributed by atoms with Gasteiger partial charge in [0.05, 0.1) is 10.3 Å². The monoisotopic (exact) mass is 389 g/mol. The lowest BCUT2D eigenvalue weighted by Crippen LogP contribution is -2.24. The maximum absolute atomic E-state index is 12.1. The predicted octanol–water partition coefficient (Wildman–Crippen LogP) is 4.46. The topological polar surface area (TPSA) is 83.5 Å². The van der Waals surface area contributed by atoms with Crippen LogP contribution in [0, 0.1) is 5.41 Å². The van der Waals surface area contributed by atoms with Crippen LogP contribution in [0.25, 0.3) is 0 Å². The molecule has 2 N–H and O–H groups in total. The van der Waals surface area contributed by atoms with Crippen LogP contribution in [-0.2, 0) is 14.8 Å². The zero-order valence-electron chi connectivity index (χ0n) is 14.9. The number of nitrogens with one attached hydrogen (secondary N) is 1. The summed E-state index contributed by atoms with van der Waals surface area (Å²) in [5.41, 5.74) is -0.653. The van der Waals surface area contributed by atoms with E-state index in [2.05, 4.69) is 4.72 Å². The zero-order chi connectivity index (χ0) is 18.9. The first-order valence-electron chi connectivity index (χ1n) is 8.64. The SMILES string of the molecule is CC(C)(CCCCCCCCNS(=O)(=O)c1ccc(Cl)cc1)C(=O)O. The summed E-state index contributed by atoms with van der Waals surface area (Å²) in [6.45, 7) is 3.92. The second-order valence-electron chi connectivity index (χ2n) is 6.91. The van der Waals surface area contributed by atoms with Crippen LogP contribution in [-0.4, -0.2) is 26.0 Å².